The first-order valence-corrected chi connectivity index (χ1v) is 5.83. The Kier molecular flexibility index (Phi) is 4.11. The lowest BCUT2D eigenvalue weighted by Gasteiger charge is -2.10. The minimum Gasteiger partial charge on any atom is -0.481 e. The van der Waals surface area contributed by atoms with Gasteiger partial charge in [-0.1, -0.05) is 12.1 Å². The monoisotopic (exact) mass is 275 g/mol. The molecule has 2 rings (SSSR count). The predicted octanol–water partition coefficient (Wildman–Crippen LogP) is 1.08. The van der Waals surface area contributed by atoms with Gasteiger partial charge in [-0.25, -0.2) is 4.98 Å². The predicted molar refractivity (Wildman–Crippen MR) is 70.8 cm³/mol. The van der Waals surface area contributed by atoms with Crippen LogP contribution in [0.15, 0.2) is 41.3 Å². The molecule has 0 radical (unpaired) electrons. The van der Waals surface area contributed by atoms with Crippen molar-refractivity contribution in [2.45, 2.75) is 12.5 Å². The fourth-order valence-electron chi connectivity index (χ4n) is 1.62. The number of hydrogen-bond donors (Lipinski definition) is 3. The largest absolute Gasteiger partial charge is 0.481 e. The van der Waals surface area contributed by atoms with E-state index < -0.39 is 24.3 Å². The van der Waals surface area contributed by atoms with Gasteiger partial charge in [-0.15, -0.1) is 0 Å². The average Bonchev–Trinajstić information content (AvgIpc) is 2.92. The molecule has 1 aromatic carbocycles. The second-order valence-electron chi connectivity index (χ2n) is 4.14. The number of nitrogens with two attached hydrogens (primary N) is 1. The van der Waals surface area contributed by atoms with Gasteiger partial charge in [0.15, 0.2) is 12.2 Å². The van der Waals surface area contributed by atoms with Crippen molar-refractivity contribution in [2.24, 2.45) is 5.73 Å². The Morgan fingerprint density at radius 1 is 1.45 bits per heavy atom. The molecule has 0 aliphatic rings. The van der Waals surface area contributed by atoms with Crippen molar-refractivity contribution in [3.05, 3.63) is 36.9 Å². The number of carbonyl (C=O) groups is 2. The third-order valence-corrected chi connectivity index (χ3v) is 2.58. The summed E-state index contributed by atoms with van der Waals surface area (Å²) in [6, 6.07) is 5.79. The van der Waals surface area contributed by atoms with Crippen molar-refractivity contribution < 1.29 is 19.1 Å². The summed E-state index contributed by atoms with van der Waals surface area (Å²) in [5.41, 5.74) is 6.72. The second kappa shape index (κ2) is 5.98. The molecule has 7 heteroatoms. The minimum atomic E-state index is -1.12. The van der Waals surface area contributed by atoms with Crippen LogP contribution >= 0.6 is 0 Å². The Bertz CT molecular complexity index is 610. The van der Waals surface area contributed by atoms with Crippen LogP contribution in [0.3, 0.4) is 0 Å². The molecule has 0 spiro atoms. The molecule has 4 N–H and O–H groups in total. The SMILES string of the molecule is NC(CC(=O)O)C(=O)Nc1cccc(-c2cnco2)c1. The summed E-state index contributed by atoms with van der Waals surface area (Å²) >= 11 is 0. The van der Waals surface area contributed by atoms with Gasteiger partial charge >= 0.3 is 5.97 Å². The van der Waals surface area contributed by atoms with Gasteiger partial charge in [0.05, 0.1) is 18.7 Å². The van der Waals surface area contributed by atoms with E-state index in [0.29, 0.717) is 11.4 Å². The Hall–Kier alpha value is -2.67. The number of carbonyl (C=O) groups excluding carboxylic acids is 1. The summed E-state index contributed by atoms with van der Waals surface area (Å²) < 4.78 is 5.15. The molecule has 1 atom stereocenters. The first kappa shape index (κ1) is 13.8. The van der Waals surface area contributed by atoms with Crippen LogP contribution in [0.5, 0.6) is 0 Å². The number of carboxylic acids is 1. The van der Waals surface area contributed by atoms with Crippen LogP contribution in [-0.4, -0.2) is 28.0 Å². The lowest BCUT2D eigenvalue weighted by molar-refractivity contribution is -0.138. The third-order valence-electron chi connectivity index (χ3n) is 2.58. The average molecular weight is 275 g/mol. The molecule has 0 fully saturated rings. The molecule has 0 aliphatic heterocycles. The number of aromatic nitrogens is 1. The highest BCUT2D eigenvalue weighted by Crippen LogP contribution is 2.22. The first-order valence-electron chi connectivity index (χ1n) is 5.83. The molecule has 1 amide bonds. The highest BCUT2D eigenvalue weighted by atomic mass is 16.4. The summed E-state index contributed by atoms with van der Waals surface area (Å²) in [6.45, 7) is 0. The molecular formula is C13H13N3O4. The van der Waals surface area contributed by atoms with Crippen molar-refractivity contribution in [3.63, 3.8) is 0 Å². The van der Waals surface area contributed by atoms with Crippen molar-refractivity contribution in [3.8, 4) is 11.3 Å². The van der Waals surface area contributed by atoms with E-state index in [4.69, 9.17) is 15.3 Å². The fraction of sp³-hybridized carbons (Fsp3) is 0.154. The second-order valence-corrected chi connectivity index (χ2v) is 4.14. The molecule has 0 saturated heterocycles. The molecule has 0 aliphatic carbocycles. The number of rotatable bonds is 5. The van der Waals surface area contributed by atoms with Crippen molar-refractivity contribution in [1.29, 1.82) is 0 Å². The number of carboxylic acid groups (broad SMARTS) is 1. The van der Waals surface area contributed by atoms with E-state index in [-0.39, 0.29) is 0 Å². The Labute approximate surface area is 114 Å². The van der Waals surface area contributed by atoms with E-state index in [0.717, 1.165) is 5.56 Å². The smallest absolute Gasteiger partial charge is 0.305 e. The van der Waals surface area contributed by atoms with E-state index in [1.807, 2.05) is 0 Å². The topological polar surface area (TPSA) is 118 Å². The third kappa shape index (κ3) is 3.42. The van der Waals surface area contributed by atoms with Crippen LogP contribution in [0.2, 0.25) is 0 Å². The molecular weight excluding hydrogens is 262 g/mol. The van der Waals surface area contributed by atoms with Crippen LogP contribution in [0, 0.1) is 0 Å². The Balaban J connectivity index is 2.08. The molecule has 1 unspecified atom stereocenters. The summed E-state index contributed by atoms with van der Waals surface area (Å²) in [5, 5.41) is 11.1. The normalized spacial score (nSPS) is 11.8. The van der Waals surface area contributed by atoms with E-state index >= 15 is 0 Å². The van der Waals surface area contributed by atoms with E-state index in [2.05, 4.69) is 10.3 Å². The standard InChI is InChI=1S/C13H13N3O4/c14-10(5-12(17)18)13(19)16-9-3-1-2-8(4-9)11-6-15-7-20-11/h1-4,6-7,10H,5,14H2,(H,16,19)(H,17,18). The van der Waals surface area contributed by atoms with Crippen LogP contribution in [-0.2, 0) is 9.59 Å². The lowest BCUT2D eigenvalue weighted by atomic mass is 10.1. The number of hydrogen-bond acceptors (Lipinski definition) is 5. The van der Waals surface area contributed by atoms with Crippen LogP contribution in [0.4, 0.5) is 5.69 Å². The van der Waals surface area contributed by atoms with E-state index in [1.165, 1.54) is 6.39 Å². The maximum atomic E-state index is 11.7. The molecule has 0 bridgehead atoms. The summed E-state index contributed by atoms with van der Waals surface area (Å²) in [5.74, 6) is -1.11. The van der Waals surface area contributed by atoms with E-state index in [9.17, 15) is 9.59 Å². The highest BCUT2D eigenvalue weighted by molar-refractivity contribution is 5.97. The van der Waals surface area contributed by atoms with Gasteiger partial charge in [-0.05, 0) is 12.1 Å². The fourth-order valence-corrected chi connectivity index (χ4v) is 1.62. The molecule has 2 aromatic rings. The maximum absolute atomic E-state index is 11.7. The molecule has 0 saturated carbocycles. The zero-order valence-corrected chi connectivity index (χ0v) is 10.4. The first-order chi connectivity index (χ1) is 9.56. The van der Waals surface area contributed by atoms with Gasteiger partial charge in [0.2, 0.25) is 5.91 Å². The number of nitrogens with one attached hydrogen (secondary N) is 1. The number of anilines is 1. The maximum Gasteiger partial charge on any atom is 0.305 e. The number of nitrogens with zero attached hydrogens (tertiary/aromatic N) is 1. The lowest BCUT2D eigenvalue weighted by Crippen LogP contribution is -2.37. The number of amides is 1. The molecule has 1 aromatic heterocycles. The quantitative estimate of drug-likeness (QED) is 0.751. The number of oxazole rings is 1. The Morgan fingerprint density at radius 2 is 2.25 bits per heavy atom. The van der Waals surface area contributed by atoms with Gasteiger partial charge in [0.25, 0.3) is 0 Å². The summed E-state index contributed by atoms with van der Waals surface area (Å²) in [6.07, 6.45) is 2.44. The van der Waals surface area contributed by atoms with Crippen molar-refractivity contribution in [2.75, 3.05) is 5.32 Å². The number of aliphatic carboxylic acids is 1. The molecule has 7 nitrogen and oxygen atoms in total. The molecule has 1 heterocycles. The van der Waals surface area contributed by atoms with E-state index in [1.54, 1.807) is 30.5 Å². The van der Waals surface area contributed by atoms with Crippen LogP contribution in [0.1, 0.15) is 6.42 Å². The summed E-state index contributed by atoms with van der Waals surface area (Å²) in [7, 11) is 0. The zero-order valence-electron chi connectivity index (χ0n) is 10.4. The minimum absolute atomic E-state index is 0.423. The number of benzene rings is 1. The molecule has 20 heavy (non-hydrogen) atoms. The highest BCUT2D eigenvalue weighted by Gasteiger charge is 2.17. The van der Waals surface area contributed by atoms with Gasteiger partial charge in [-0.3, -0.25) is 9.59 Å². The van der Waals surface area contributed by atoms with Gasteiger partial charge in [0.1, 0.15) is 0 Å². The zero-order chi connectivity index (χ0) is 14.5. The van der Waals surface area contributed by atoms with Crippen molar-refractivity contribution in [1.82, 2.24) is 4.98 Å². The van der Waals surface area contributed by atoms with Gasteiger partial charge < -0.3 is 20.6 Å². The van der Waals surface area contributed by atoms with Crippen LogP contribution < -0.4 is 11.1 Å². The van der Waals surface area contributed by atoms with Gasteiger partial charge in [-0.2, -0.15) is 0 Å². The summed E-state index contributed by atoms with van der Waals surface area (Å²) in [4.78, 5) is 26.0. The molecule has 104 valence electrons. The van der Waals surface area contributed by atoms with Crippen molar-refractivity contribution >= 4 is 17.6 Å². The Morgan fingerprint density at radius 3 is 2.90 bits per heavy atom. The van der Waals surface area contributed by atoms with Gasteiger partial charge in [0, 0.05) is 11.3 Å². The van der Waals surface area contributed by atoms with Crippen LogP contribution in [0.25, 0.3) is 11.3 Å².